The number of ketones is 1. The number of rotatable bonds is 4. The molecule has 0 saturated carbocycles. The summed E-state index contributed by atoms with van der Waals surface area (Å²) in [5, 5.41) is 0. The van der Waals surface area contributed by atoms with Gasteiger partial charge in [-0.1, -0.05) is 36.4 Å². The van der Waals surface area contributed by atoms with Gasteiger partial charge in [0.05, 0.1) is 35.1 Å². The number of methoxy groups -OCH3 is 1. The van der Waals surface area contributed by atoms with Crippen molar-refractivity contribution in [1.29, 1.82) is 0 Å². The number of imide groups is 1. The first-order chi connectivity index (χ1) is 17.4. The third-order valence-electron chi connectivity index (χ3n) is 7.19. The molecule has 0 bridgehead atoms. The van der Waals surface area contributed by atoms with Crippen LogP contribution in [0.5, 0.6) is 5.75 Å². The van der Waals surface area contributed by atoms with Gasteiger partial charge in [-0.3, -0.25) is 14.4 Å². The van der Waals surface area contributed by atoms with E-state index in [1.165, 1.54) is 25.3 Å². The van der Waals surface area contributed by atoms with Gasteiger partial charge in [0.2, 0.25) is 11.8 Å². The fraction of sp³-hybridized carbons (Fsp3) is 0.179. The topological polar surface area (TPSA) is 66.9 Å². The van der Waals surface area contributed by atoms with Crippen LogP contribution in [0.2, 0.25) is 0 Å². The number of para-hydroxylation sites is 1. The fourth-order valence-electron chi connectivity index (χ4n) is 5.67. The highest BCUT2D eigenvalue weighted by Crippen LogP contribution is 2.50. The van der Waals surface area contributed by atoms with Gasteiger partial charge in [0.1, 0.15) is 17.6 Å². The highest BCUT2D eigenvalue weighted by molar-refractivity contribution is 9.10. The van der Waals surface area contributed by atoms with E-state index in [-0.39, 0.29) is 11.5 Å². The van der Waals surface area contributed by atoms with E-state index in [0.717, 1.165) is 22.2 Å². The average Bonchev–Trinajstić information content (AvgIpc) is 3.36. The normalized spacial score (nSPS) is 24.0. The van der Waals surface area contributed by atoms with Gasteiger partial charge in [0, 0.05) is 11.3 Å². The van der Waals surface area contributed by atoms with E-state index >= 15 is 0 Å². The van der Waals surface area contributed by atoms with Crippen LogP contribution in [0.4, 0.5) is 15.8 Å². The molecule has 0 unspecified atom stereocenters. The summed E-state index contributed by atoms with van der Waals surface area (Å²) >= 11 is 3.44. The molecule has 6 rings (SSSR count). The molecule has 3 aromatic rings. The SMILES string of the molecule is COc1ccc(C(=O)[C@H]2[C@@H]3C(=O)N(c4cccc(F)c4)C(=O)[C@@H]3[C@H]3C=Cc4ccccc4N32)cc1Br. The molecule has 0 radical (unpaired) electrons. The Morgan fingerprint density at radius 1 is 0.972 bits per heavy atom. The van der Waals surface area contributed by atoms with Crippen LogP contribution in [0, 0.1) is 17.7 Å². The number of hydrogen-bond donors (Lipinski definition) is 0. The second-order valence-corrected chi connectivity index (χ2v) is 9.87. The molecule has 3 aromatic carbocycles. The fourth-order valence-corrected chi connectivity index (χ4v) is 6.21. The first-order valence-electron chi connectivity index (χ1n) is 11.5. The van der Waals surface area contributed by atoms with Crippen LogP contribution >= 0.6 is 15.9 Å². The van der Waals surface area contributed by atoms with Gasteiger partial charge in [-0.2, -0.15) is 0 Å². The smallest absolute Gasteiger partial charge is 0.240 e. The number of ether oxygens (including phenoxy) is 1. The van der Waals surface area contributed by atoms with Crippen molar-refractivity contribution in [1.82, 2.24) is 0 Å². The predicted molar refractivity (Wildman–Crippen MR) is 136 cm³/mol. The van der Waals surface area contributed by atoms with Crippen molar-refractivity contribution in [2.45, 2.75) is 12.1 Å². The number of hydrogen-bond acceptors (Lipinski definition) is 5. The van der Waals surface area contributed by atoms with Gasteiger partial charge in [-0.25, -0.2) is 9.29 Å². The van der Waals surface area contributed by atoms with Gasteiger partial charge >= 0.3 is 0 Å². The minimum Gasteiger partial charge on any atom is -0.496 e. The van der Waals surface area contributed by atoms with Crippen LogP contribution in [0.3, 0.4) is 0 Å². The summed E-state index contributed by atoms with van der Waals surface area (Å²) < 4.78 is 19.9. The molecular formula is C28H20BrFN2O4. The second kappa shape index (κ2) is 8.41. The molecule has 2 fully saturated rings. The van der Waals surface area contributed by atoms with E-state index in [2.05, 4.69) is 15.9 Å². The number of anilines is 2. The maximum absolute atomic E-state index is 14.1. The van der Waals surface area contributed by atoms with Crippen LogP contribution < -0.4 is 14.5 Å². The number of nitrogens with zero attached hydrogens (tertiary/aromatic N) is 2. The first kappa shape index (κ1) is 22.7. The molecule has 0 N–H and O–H groups in total. The quantitative estimate of drug-likeness (QED) is 0.345. The number of fused-ring (bicyclic) bond motifs is 5. The molecule has 2 amide bonds. The lowest BCUT2D eigenvalue weighted by atomic mass is 9.86. The Hall–Kier alpha value is -3.78. The van der Waals surface area contributed by atoms with Crippen molar-refractivity contribution in [2.24, 2.45) is 11.8 Å². The van der Waals surface area contributed by atoms with Crippen molar-refractivity contribution >= 4 is 51.0 Å². The third kappa shape index (κ3) is 3.24. The molecule has 3 aliphatic heterocycles. The summed E-state index contributed by atoms with van der Waals surface area (Å²) in [7, 11) is 1.54. The summed E-state index contributed by atoms with van der Waals surface area (Å²) in [6.07, 6.45) is 3.81. The Morgan fingerprint density at radius 3 is 2.50 bits per heavy atom. The van der Waals surface area contributed by atoms with Gasteiger partial charge < -0.3 is 9.64 Å². The molecule has 180 valence electrons. The van der Waals surface area contributed by atoms with Crippen molar-refractivity contribution in [3.05, 3.63) is 94.2 Å². The summed E-state index contributed by atoms with van der Waals surface area (Å²) in [5.41, 5.74) is 2.26. The standard InChI is InChI=1S/C28H20BrFN2O4/c1-36-22-12-10-16(13-19(22)29)26(33)25-24-23(21-11-9-15-5-2-3-8-20(15)32(21)25)27(34)31(28(24)35)18-7-4-6-17(30)14-18/h2-14,21,23-25H,1H3/t21-,23-,24-,25-/m1/s1. The highest BCUT2D eigenvalue weighted by Gasteiger charge is 2.64. The maximum Gasteiger partial charge on any atom is 0.240 e. The van der Waals surface area contributed by atoms with Crippen molar-refractivity contribution in [3.63, 3.8) is 0 Å². The van der Waals surface area contributed by atoms with Gasteiger partial charge in [0.25, 0.3) is 0 Å². The molecule has 2 saturated heterocycles. The molecule has 0 spiro atoms. The second-order valence-electron chi connectivity index (χ2n) is 9.02. The lowest BCUT2D eigenvalue weighted by molar-refractivity contribution is -0.122. The van der Waals surface area contributed by atoms with Crippen molar-refractivity contribution < 1.29 is 23.5 Å². The highest BCUT2D eigenvalue weighted by atomic mass is 79.9. The Bertz CT molecular complexity index is 1470. The summed E-state index contributed by atoms with van der Waals surface area (Å²) in [5.74, 6) is -2.87. The lowest BCUT2D eigenvalue weighted by Crippen LogP contribution is -2.48. The Morgan fingerprint density at radius 2 is 1.75 bits per heavy atom. The lowest BCUT2D eigenvalue weighted by Gasteiger charge is -2.36. The third-order valence-corrected chi connectivity index (χ3v) is 7.81. The average molecular weight is 547 g/mol. The monoisotopic (exact) mass is 546 g/mol. The maximum atomic E-state index is 14.1. The number of carbonyl (C=O) groups excluding carboxylic acids is 3. The molecule has 4 atom stereocenters. The molecule has 6 nitrogen and oxygen atoms in total. The minimum atomic E-state index is -0.921. The van der Waals surface area contributed by atoms with E-state index in [9.17, 15) is 18.8 Å². The number of Topliss-reactive ketones (excluding diaryl/α,β-unsaturated/α-hetero) is 1. The molecule has 0 aliphatic carbocycles. The van der Waals surface area contributed by atoms with E-state index in [4.69, 9.17) is 4.74 Å². The van der Waals surface area contributed by atoms with Crippen molar-refractivity contribution in [3.8, 4) is 5.75 Å². The van der Waals surface area contributed by atoms with E-state index in [1.54, 1.807) is 18.2 Å². The number of halogens is 2. The summed E-state index contributed by atoms with van der Waals surface area (Å²) in [6, 6.07) is 16.6. The molecule has 36 heavy (non-hydrogen) atoms. The summed E-state index contributed by atoms with van der Waals surface area (Å²) in [6.45, 7) is 0. The largest absolute Gasteiger partial charge is 0.496 e. The van der Waals surface area contributed by atoms with Gasteiger partial charge in [-0.15, -0.1) is 0 Å². The molecule has 0 aromatic heterocycles. The molecular weight excluding hydrogens is 527 g/mol. The zero-order valence-corrected chi connectivity index (χ0v) is 20.7. The van der Waals surface area contributed by atoms with E-state index < -0.39 is 41.6 Å². The van der Waals surface area contributed by atoms with Crippen LogP contribution in [0.1, 0.15) is 15.9 Å². The Balaban J connectivity index is 1.49. The Labute approximate surface area is 215 Å². The van der Waals surface area contributed by atoms with Crippen LogP contribution in [0.25, 0.3) is 6.08 Å². The Kier molecular flexibility index (Phi) is 5.30. The van der Waals surface area contributed by atoms with Crippen LogP contribution in [-0.4, -0.2) is 36.8 Å². The molecule has 3 heterocycles. The number of carbonyl (C=O) groups is 3. The zero-order valence-electron chi connectivity index (χ0n) is 19.1. The first-order valence-corrected chi connectivity index (χ1v) is 12.3. The van der Waals surface area contributed by atoms with E-state index in [1.807, 2.05) is 41.3 Å². The minimum absolute atomic E-state index is 0.171. The zero-order chi connectivity index (χ0) is 25.1. The molecule has 8 heteroatoms. The molecule has 3 aliphatic rings. The predicted octanol–water partition coefficient (Wildman–Crippen LogP) is 4.87. The summed E-state index contributed by atoms with van der Waals surface area (Å²) in [4.78, 5) is 44.6. The van der Waals surface area contributed by atoms with Crippen molar-refractivity contribution in [2.75, 3.05) is 16.9 Å². The number of benzene rings is 3. The van der Waals surface area contributed by atoms with Crippen LogP contribution in [-0.2, 0) is 9.59 Å². The number of amides is 2. The van der Waals surface area contributed by atoms with Crippen LogP contribution in [0.15, 0.2) is 77.3 Å². The van der Waals surface area contributed by atoms with Gasteiger partial charge in [0.15, 0.2) is 5.78 Å². The van der Waals surface area contributed by atoms with E-state index in [0.29, 0.717) is 15.8 Å². The van der Waals surface area contributed by atoms with Gasteiger partial charge in [-0.05, 0) is 64.0 Å².